The third-order valence-electron chi connectivity index (χ3n) is 2.99. The molecule has 1 aromatic carbocycles. The summed E-state index contributed by atoms with van der Waals surface area (Å²) in [5.41, 5.74) is 1.46. The molecule has 0 unspecified atom stereocenters. The van der Waals surface area contributed by atoms with E-state index in [9.17, 15) is 9.59 Å². The average Bonchev–Trinajstić information content (AvgIpc) is 2.38. The number of aromatic nitrogens is 1. The molecule has 1 N–H and O–H groups in total. The van der Waals surface area contributed by atoms with Gasteiger partial charge in [0.05, 0.1) is 5.56 Å². The van der Waals surface area contributed by atoms with Crippen molar-refractivity contribution in [1.29, 1.82) is 0 Å². The van der Waals surface area contributed by atoms with E-state index < -0.39 is 0 Å². The molecule has 0 radical (unpaired) electrons. The van der Waals surface area contributed by atoms with Crippen molar-refractivity contribution in [2.24, 2.45) is 0 Å². The molecule has 0 aliphatic rings. The van der Waals surface area contributed by atoms with Crippen LogP contribution in [0.1, 0.15) is 36.3 Å². The van der Waals surface area contributed by atoms with E-state index in [-0.39, 0.29) is 16.8 Å². The fourth-order valence-electron chi connectivity index (χ4n) is 2.05. The highest BCUT2D eigenvalue weighted by Gasteiger charge is 2.16. The van der Waals surface area contributed by atoms with Crippen LogP contribution >= 0.6 is 11.6 Å². The van der Waals surface area contributed by atoms with Gasteiger partial charge in [0.25, 0.3) is 0 Å². The van der Waals surface area contributed by atoms with Gasteiger partial charge in [-0.15, -0.1) is 0 Å². The van der Waals surface area contributed by atoms with E-state index >= 15 is 0 Å². The lowest BCUT2D eigenvalue weighted by Gasteiger charge is -2.08. The van der Waals surface area contributed by atoms with E-state index in [4.69, 9.17) is 11.6 Å². The number of ketones is 1. The van der Waals surface area contributed by atoms with Gasteiger partial charge in [-0.25, -0.2) is 0 Å². The van der Waals surface area contributed by atoms with Gasteiger partial charge in [0, 0.05) is 28.0 Å². The number of rotatable bonds is 3. The maximum absolute atomic E-state index is 12.4. The SMILES string of the molecule is CCC(=O)c1c(CC)[nH]c2ccc(Cl)cc2c1=O. The van der Waals surface area contributed by atoms with E-state index in [0.717, 1.165) is 0 Å². The minimum atomic E-state index is -0.227. The fourth-order valence-corrected chi connectivity index (χ4v) is 2.22. The summed E-state index contributed by atoms with van der Waals surface area (Å²) in [6, 6.07) is 5.08. The Kier molecular flexibility index (Phi) is 3.53. The first-order valence-corrected chi connectivity index (χ1v) is 6.33. The summed E-state index contributed by atoms with van der Waals surface area (Å²) in [6.45, 7) is 3.67. The molecule has 0 fully saturated rings. The van der Waals surface area contributed by atoms with Gasteiger partial charge in [0.2, 0.25) is 5.43 Å². The van der Waals surface area contributed by atoms with Crippen molar-refractivity contribution in [3.63, 3.8) is 0 Å². The second kappa shape index (κ2) is 4.94. The largest absolute Gasteiger partial charge is 0.358 e. The van der Waals surface area contributed by atoms with Crippen LogP contribution in [-0.4, -0.2) is 10.8 Å². The van der Waals surface area contributed by atoms with Crippen molar-refractivity contribution in [2.45, 2.75) is 26.7 Å². The van der Waals surface area contributed by atoms with Crippen LogP contribution in [0.15, 0.2) is 23.0 Å². The van der Waals surface area contributed by atoms with Gasteiger partial charge in [0.1, 0.15) is 0 Å². The van der Waals surface area contributed by atoms with Crippen LogP contribution in [-0.2, 0) is 6.42 Å². The van der Waals surface area contributed by atoms with Crippen molar-refractivity contribution in [2.75, 3.05) is 0 Å². The second-order valence-corrected chi connectivity index (χ2v) is 4.56. The van der Waals surface area contributed by atoms with Crippen LogP contribution in [0.5, 0.6) is 0 Å². The van der Waals surface area contributed by atoms with E-state index in [1.165, 1.54) is 0 Å². The van der Waals surface area contributed by atoms with Crippen LogP contribution in [0.4, 0.5) is 0 Å². The summed E-state index contributed by atoms with van der Waals surface area (Å²) in [4.78, 5) is 27.4. The van der Waals surface area contributed by atoms with E-state index in [1.54, 1.807) is 25.1 Å². The number of halogens is 1. The second-order valence-electron chi connectivity index (χ2n) is 4.13. The monoisotopic (exact) mass is 263 g/mol. The Labute approximate surface area is 110 Å². The topological polar surface area (TPSA) is 49.9 Å². The molecular formula is C14H14ClNO2. The number of benzene rings is 1. The number of fused-ring (bicyclic) bond motifs is 1. The van der Waals surface area contributed by atoms with Gasteiger partial charge in [-0.1, -0.05) is 25.4 Å². The Hall–Kier alpha value is -1.61. The molecule has 0 saturated carbocycles. The number of aryl methyl sites for hydroxylation is 1. The van der Waals surface area contributed by atoms with Crippen molar-refractivity contribution in [3.8, 4) is 0 Å². The van der Waals surface area contributed by atoms with Crippen LogP contribution in [0, 0.1) is 0 Å². The first-order valence-electron chi connectivity index (χ1n) is 5.96. The highest BCUT2D eigenvalue weighted by atomic mass is 35.5. The number of H-pyrrole nitrogens is 1. The Bertz CT molecular complexity index is 673. The number of hydrogen-bond donors (Lipinski definition) is 1. The number of Topliss-reactive ketones (excluding diaryl/α,β-unsaturated/α-hetero) is 1. The van der Waals surface area contributed by atoms with Crippen LogP contribution < -0.4 is 5.43 Å². The Morgan fingerprint density at radius 1 is 1.33 bits per heavy atom. The smallest absolute Gasteiger partial charge is 0.200 e. The van der Waals surface area contributed by atoms with Gasteiger partial charge in [-0.05, 0) is 24.6 Å². The summed E-state index contributed by atoms with van der Waals surface area (Å²) in [7, 11) is 0. The zero-order valence-corrected chi connectivity index (χ0v) is 11.1. The predicted molar refractivity (Wildman–Crippen MR) is 73.6 cm³/mol. The molecule has 1 aromatic heterocycles. The summed E-state index contributed by atoms with van der Waals surface area (Å²) in [5.74, 6) is -0.130. The highest BCUT2D eigenvalue weighted by Crippen LogP contribution is 2.18. The molecule has 0 aliphatic heterocycles. The van der Waals surface area contributed by atoms with Crippen molar-refractivity contribution < 1.29 is 4.79 Å². The molecule has 3 nitrogen and oxygen atoms in total. The third-order valence-corrected chi connectivity index (χ3v) is 3.23. The lowest BCUT2D eigenvalue weighted by Crippen LogP contribution is -2.19. The molecule has 2 aromatic rings. The highest BCUT2D eigenvalue weighted by molar-refractivity contribution is 6.31. The first kappa shape index (κ1) is 12.8. The number of nitrogens with one attached hydrogen (secondary N) is 1. The normalized spacial score (nSPS) is 10.8. The zero-order valence-electron chi connectivity index (χ0n) is 10.3. The van der Waals surface area contributed by atoms with Gasteiger partial charge < -0.3 is 4.98 Å². The van der Waals surface area contributed by atoms with Crippen molar-refractivity contribution in [3.05, 3.63) is 44.7 Å². The van der Waals surface area contributed by atoms with Gasteiger partial charge in [0.15, 0.2) is 5.78 Å². The third kappa shape index (κ3) is 2.06. The zero-order chi connectivity index (χ0) is 13.3. The molecule has 18 heavy (non-hydrogen) atoms. The number of carbonyl (C=O) groups is 1. The van der Waals surface area contributed by atoms with Gasteiger partial charge in [-0.2, -0.15) is 0 Å². The lowest BCUT2D eigenvalue weighted by atomic mass is 10.0. The maximum atomic E-state index is 12.4. The average molecular weight is 264 g/mol. The first-order chi connectivity index (χ1) is 8.58. The lowest BCUT2D eigenvalue weighted by molar-refractivity contribution is 0.0986. The van der Waals surface area contributed by atoms with E-state index in [0.29, 0.717) is 34.5 Å². The quantitative estimate of drug-likeness (QED) is 0.864. The number of carbonyl (C=O) groups excluding carboxylic acids is 1. The molecule has 0 bridgehead atoms. The minimum Gasteiger partial charge on any atom is -0.358 e. The molecular weight excluding hydrogens is 250 g/mol. The summed E-state index contributed by atoms with van der Waals surface area (Å²) >= 11 is 5.89. The molecule has 2 rings (SSSR count). The van der Waals surface area contributed by atoms with Crippen molar-refractivity contribution >= 4 is 28.3 Å². The predicted octanol–water partition coefficient (Wildman–Crippen LogP) is 3.34. The molecule has 0 atom stereocenters. The Balaban J connectivity index is 2.88. The Morgan fingerprint density at radius 2 is 2.06 bits per heavy atom. The van der Waals surface area contributed by atoms with Crippen LogP contribution in [0.2, 0.25) is 5.02 Å². The van der Waals surface area contributed by atoms with Gasteiger partial charge in [-0.3, -0.25) is 9.59 Å². The Morgan fingerprint density at radius 3 is 2.67 bits per heavy atom. The number of pyridine rings is 1. The molecule has 0 amide bonds. The maximum Gasteiger partial charge on any atom is 0.200 e. The van der Waals surface area contributed by atoms with Crippen LogP contribution in [0.3, 0.4) is 0 Å². The molecule has 94 valence electrons. The summed E-state index contributed by atoms with van der Waals surface area (Å²) < 4.78 is 0. The van der Waals surface area contributed by atoms with Gasteiger partial charge >= 0.3 is 0 Å². The summed E-state index contributed by atoms with van der Waals surface area (Å²) in [5, 5.41) is 0.962. The molecule has 1 heterocycles. The molecule has 0 aliphatic carbocycles. The van der Waals surface area contributed by atoms with E-state index in [1.807, 2.05) is 6.92 Å². The number of hydrogen-bond acceptors (Lipinski definition) is 2. The fraction of sp³-hybridized carbons (Fsp3) is 0.286. The number of aromatic amines is 1. The van der Waals surface area contributed by atoms with Crippen molar-refractivity contribution in [1.82, 2.24) is 4.98 Å². The molecule has 4 heteroatoms. The molecule has 0 saturated heterocycles. The molecule has 0 spiro atoms. The standard InChI is InChI=1S/C14H14ClNO2/c1-3-10-13(12(17)4-2)14(18)9-7-8(15)5-6-11(9)16-10/h5-7H,3-4H2,1-2H3,(H,16,18). The van der Waals surface area contributed by atoms with Crippen LogP contribution in [0.25, 0.3) is 10.9 Å². The minimum absolute atomic E-state index is 0.130. The van der Waals surface area contributed by atoms with E-state index in [2.05, 4.69) is 4.98 Å². The summed E-state index contributed by atoms with van der Waals surface area (Å²) in [6.07, 6.45) is 0.942.